The van der Waals surface area contributed by atoms with E-state index in [1.165, 1.54) is 0 Å². The van der Waals surface area contributed by atoms with Gasteiger partial charge in [-0.3, -0.25) is 5.10 Å². The maximum absolute atomic E-state index is 10.5. The van der Waals surface area contributed by atoms with E-state index in [0.29, 0.717) is 5.15 Å². The Morgan fingerprint density at radius 3 is 2.94 bits per heavy atom. The molecule has 1 aliphatic carbocycles. The van der Waals surface area contributed by atoms with E-state index >= 15 is 0 Å². The number of aliphatic imine (C=N–C) groups is 1. The van der Waals surface area contributed by atoms with Gasteiger partial charge in [-0.05, 0) is 37.0 Å². The number of nitrogens with zero attached hydrogens (tertiary/aromatic N) is 2. The molecule has 2 aromatic rings. The summed E-state index contributed by atoms with van der Waals surface area (Å²) in [7, 11) is 0. The summed E-state index contributed by atoms with van der Waals surface area (Å²) < 4.78 is 0. The van der Waals surface area contributed by atoms with Crippen molar-refractivity contribution in [2.24, 2.45) is 4.99 Å². The van der Waals surface area contributed by atoms with E-state index in [1.807, 2.05) is 18.2 Å². The zero-order chi connectivity index (χ0) is 11.9. The zero-order valence-electron chi connectivity index (χ0n) is 9.03. The van der Waals surface area contributed by atoms with Crippen LogP contribution in [0, 0.1) is 0 Å². The van der Waals surface area contributed by atoms with Gasteiger partial charge in [0.2, 0.25) is 6.08 Å². The van der Waals surface area contributed by atoms with Gasteiger partial charge in [0.05, 0.1) is 11.1 Å². The predicted octanol–water partition coefficient (Wildman–Crippen LogP) is 2.93. The second-order valence-corrected chi connectivity index (χ2v) is 4.74. The van der Waals surface area contributed by atoms with Crippen molar-refractivity contribution < 1.29 is 4.79 Å². The fraction of sp³-hybridized carbons (Fsp3) is 0.333. The molecule has 1 heterocycles. The number of hydrogen-bond acceptors (Lipinski definition) is 3. The van der Waals surface area contributed by atoms with Gasteiger partial charge in [-0.2, -0.15) is 10.1 Å². The van der Waals surface area contributed by atoms with Gasteiger partial charge >= 0.3 is 0 Å². The average Bonchev–Trinajstić information content (AvgIpc) is 2.65. The topological polar surface area (TPSA) is 58.1 Å². The van der Waals surface area contributed by atoms with E-state index in [2.05, 4.69) is 15.2 Å². The lowest BCUT2D eigenvalue weighted by Gasteiger charge is -2.37. The van der Waals surface area contributed by atoms with E-state index in [0.717, 1.165) is 35.7 Å². The summed E-state index contributed by atoms with van der Waals surface area (Å²) in [5, 5.41) is 8.27. The molecule has 0 bridgehead atoms. The Labute approximate surface area is 103 Å². The fourth-order valence-corrected chi connectivity index (χ4v) is 2.53. The lowest BCUT2D eigenvalue weighted by atomic mass is 9.72. The second kappa shape index (κ2) is 3.69. The molecule has 1 aliphatic rings. The van der Waals surface area contributed by atoms with Crippen molar-refractivity contribution >= 4 is 28.6 Å². The normalized spacial score (nSPS) is 17.5. The number of benzene rings is 1. The predicted molar refractivity (Wildman–Crippen MR) is 64.8 cm³/mol. The van der Waals surface area contributed by atoms with Crippen LogP contribution < -0.4 is 0 Å². The van der Waals surface area contributed by atoms with Crippen molar-refractivity contribution in [3.63, 3.8) is 0 Å². The minimum Gasteiger partial charge on any atom is -0.266 e. The van der Waals surface area contributed by atoms with Crippen molar-refractivity contribution in [1.82, 2.24) is 10.2 Å². The minimum absolute atomic E-state index is 0.374. The van der Waals surface area contributed by atoms with Gasteiger partial charge in [-0.1, -0.05) is 17.7 Å². The number of fused-ring (bicyclic) bond motifs is 1. The Morgan fingerprint density at radius 2 is 2.29 bits per heavy atom. The third-order valence-corrected chi connectivity index (χ3v) is 3.77. The molecule has 1 aromatic carbocycles. The van der Waals surface area contributed by atoms with Crippen LogP contribution in [0.3, 0.4) is 0 Å². The highest BCUT2D eigenvalue weighted by Crippen LogP contribution is 2.45. The Hall–Kier alpha value is -1.64. The number of hydrogen-bond donors (Lipinski definition) is 1. The van der Waals surface area contributed by atoms with E-state index in [-0.39, 0.29) is 5.54 Å². The van der Waals surface area contributed by atoms with Gasteiger partial charge in [0.1, 0.15) is 5.15 Å². The number of rotatable bonds is 2. The highest BCUT2D eigenvalue weighted by molar-refractivity contribution is 6.34. The third kappa shape index (κ3) is 1.49. The van der Waals surface area contributed by atoms with E-state index < -0.39 is 0 Å². The van der Waals surface area contributed by atoms with Gasteiger partial charge in [-0.25, -0.2) is 4.79 Å². The summed E-state index contributed by atoms with van der Waals surface area (Å²) in [6, 6.07) is 5.82. The van der Waals surface area contributed by atoms with Crippen molar-refractivity contribution in [1.29, 1.82) is 0 Å². The molecule has 1 N–H and O–H groups in total. The van der Waals surface area contributed by atoms with Crippen molar-refractivity contribution in [2.75, 3.05) is 0 Å². The lowest BCUT2D eigenvalue weighted by molar-refractivity contribution is 0.256. The molecule has 0 unspecified atom stereocenters. The average molecular weight is 248 g/mol. The molecule has 1 aromatic heterocycles. The van der Waals surface area contributed by atoms with Gasteiger partial charge < -0.3 is 0 Å². The quantitative estimate of drug-likeness (QED) is 0.655. The molecule has 4 nitrogen and oxygen atoms in total. The van der Waals surface area contributed by atoms with E-state index in [4.69, 9.17) is 11.6 Å². The number of aromatic amines is 1. The first-order chi connectivity index (χ1) is 8.25. The summed E-state index contributed by atoms with van der Waals surface area (Å²) in [5.41, 5.74) is 1.45. The summed E-state index contributed by atoms with van der Waals surface area (Å²) in [5.74, 6) is 0. The molecule has 0 spiro atoms. The Bertz CT molecular complexity index is 624. The summed E-state index contributed by atoms with van der Waals surface area (Å²) in [6.07, 6.45) is 4.56. The lowest BCUT2D eigenvalue weighted by Crippen LogP contribution is -2.31. The SMILES string of the molecule is O=C=NC1(c2ccc3c(Cl)[nH]nc3c2)CCC1. The van der Waals surface area contributed by atoms with Crippen LogP contribution in [-0.2, 0) is 10.3 Å². The van der Waals surface area contributed by atoms with E-state index in [1.54, 1.807) is 6.08 Å². The fourth-order valence-electron chi connectivity index (χ4n) is 2.33. The molecule has 0 radical (unpaired) electrons. The van der Waals surface area contributed by atoms with Gasteiger partial charge in [0, 0.05) is 5.39 Å². The van der Waals surface area contributed by atoms with Gasteiger partial charge in [0.15, 0.2) is 0 Å². The Morgan fingerprint density at radius 1 is 1.47 bits per heavy atom. The molecule has 1 saturated carbocycles. The number of H-pyrrole nitrogens is 1. The van der Waals surface area contributed by atoms with E-state index in [9.17, 15) is 4.79 Å². The van der Waals surface area contributed by atoms with Crippen LogP contribution >= 0.6 is 11.6 Å². The molecular formula is C12H10ClN3O. The summed E-state index contributed by atoms with van der Waals surface area (Å²) >= 11 is 5.94. The maximum Gasteiger partial charge on any atom is 0.235 e. The maximum atomic E-state index is 10.5. The molecule has 5 heteroatoms. The molecule has 1 fully saturated rings. The molecular weight excluding hydrogens is 238 g/mol. The number of nitrogens with one attached hydrogen (secondary N) is 1. The molecule has 86 valence electrons. The molecule has 3 rings (SSSR count). The minimum atomic E-state index is -0.374. The zero-order valence-corrected chi connectivity index (χ0v) is 9.79. The largest absolute Gasteiger partial charge is 0.266 e. The van der Waals surface area contributed by atoms with Crippen LogP contribution in [0.4, 0.5) is 0 Å². The highest BCUT2D eigenvalue weighted by atomic mass is 35.5. The monoisotopic (exact) mass is 247 g/mol. The van der Waals surface area contributed by atoms with Crippen LogP contribution in [-0.4, -0.2) is 16.3 Å². The first-order valence-electron chi connectivity index (χ1n) is 5.48. The molecule has 0 atom stereocenters. The second-order valence-electron chi connectivity index (χ2n) is 4.36. The van der Waals surface area contributed by atoms with Gasteiger partial charge in [-0.15, -0.1) is 0 Å². The number of aromatic nitrogens is 2. The van der Waals surface area contributed by atoms with Crippen LogP contribution in [0.25, 0.3) is 10.9 Å². The molecule has 0 aliphatic heterocycles. The number of isocyanates is 1. The number of halogens is 1. The Kier molecular flexibility index (Phi) is 2.28. The Balaban J connectivity index is 2.14. The van der Waals surface area contributed by atoms with Crippen molar-refractivity contribution in [3.05, 3.63) is 28.9 Å². The summed E-state index contributed by atoms with van der Waals surface area (Å²) in [6.45, 7) is 0. The van der Waals surface area contributed by atoms with Crippen LogP contribution in [0.1, 0.15) is 24.8 Å². The molecule has 0 amide bonds. The van der Waals surface area contributed by atoms with Crippen molar-refractivity contribution in [2.45, 2.75) is 24.8 Å². The van der Waals surface area contributed by atoms with Crippen LogP contribution in [0.2, 0.25) is 5.15 Å². The smallest absolute Gasteiger partial charge is 0.235 e. The first-order valence-corrected chi connectivity index (χ1v) is 5.86. The molecule has 17 heavy (non-hydrogen) atoms. The third-order valence-electron chi connectivity index (χ3n) is 3.49. The first kappa shape index (κ1) is 10.5. The summed E-state index contributed by atoms with van der Waals surface area (Å²) in [4.78, 5) is 14.5. The molecule has 0 saturated heterocycles. The van der Waals surface area contributed by atoms with Crippen molar-refractivity contribution in [3.8, 4) is 0 Å². The standard InChI is InChI=1S/C12H10ClN3O/c13-11-9-3-2-8(6-10(9)15-16-11)12(14-7-17)4-1-5-12/h2-3,6H,1,4-5H2,(H,15,16). The highest BCUT2D eigenvalue weighted by Gasteiger charge is 2.39. The van der Waals surface area contributed by atoms with Crippen LogP contribution in [0.15, 0.2) is 23.2 Å². The van der Waals surface area contributed by atoms with Crippen LogP contribution in [0.5, 0.6) is 0 Å². The van der Waals surface area contributed by atoms with Gasteiger partial charge in [0.25, 0.3) is 0 Å². The number of carbonyl (C=O) groups excluding carboxylic acids is 1.